The molecule has 0 aliphatic carbocycles. The van der Waals surface area contributed by atoms with Gasteiger partial charge in [-0.2, -0.15) is 0 Å². The smallest absolute Gasteiger partial charge is 0.315 e. The number of nitro groups is 1. The number of hydrogen-bond acceptors (Lipinski definition) is 5. The molecule has 0 amide bonds. The van der Waals surface area contributed by atoms with E-state index < -0.39 is 10.9 Å². The van der Waals surface area contributed by atoms with Crippen molar-refractivity contribution in [3.8, 4) is 11.5 Å². The molecule has 22 heavy (non-hydrogen) atoms. The standard InChI is InChI=1S/C15H21NO6/c1-3-4-5-8-22-15-12(16(19)20)9-11(6-7-14(17)18)10-13(15)21-2/h9-10H,3-8H2,1-2H3,(H,17,18). The molecule has 7 nitrogen and oxygen atoms in total. The van der Waals surface area contributed by atoms with Gasteiger partial charge in [0, 0.05) is 12.5 Å². The van der Waals surface area contributed by atoms with Crippen LogP contribution in [0.2, 0.25) is 0 Å². The van der Waals surface area contributed by atoms with Crippen molar-refractivity contribution in [3.63, 3.8) is 0 Å². The number of nitro benzene ring substituents is 1. The first-order valence-electron chi connectivity index (χ1n) is 7.19. The number of methoxy groups -OCH3 is 1. The Morgan fingerprint density at radius 1 is 1.36 bits per heavy atom. The summed E-state index contributed by atoms with van der Waals surface area (Å²) in [6, 6.07) is 2.94. The summed E-state index contributed by atoms with van der Waals surface area (Å²) in [7, 11) is 1.40. The van der Waals surface area contributed by atoms with Gasteiger partial charge in [0.1, 0.15) is 0 Å². The molecule has 0 radical (unpaired) electrons. The number of aryl methyl sites for hydroxylation is 1. The Morgan fingerprint density at radius 3 is 2.64 bits per heavy atom. The molecule has 0 aliphatic rings. The Balaban J connectivity index is 3.01. The van der Waals surface area contributed by atoms with Crippen LogP contribution in [0.1, 0.15) is 38.2 Å². The molecule has 0 aliphatic heterocycles. The summed E-state index contributed by atoms with van der Waals surface area (Å²) in [4.78, 5) is 21.3. The van der Waals surface area contributed by atoms with Crippen LogP contribution in [0.5, 0.6) is 11.5 Å². The van der Waals surface area contributed by atoms with Crippen LogP contribution < -0.4 is 9.47 Å². The lowest BCUT2D eigenvalue weighted by atomic mass is 10.1. The van der Waals surface area contributed by atoms with Gasteiger partial charge in [-0.1, -0.05) is 19.8 Å². The van der Waals surface area contributed by atoms with Crippen molar-refractivity contribution in [1.82, 2.24) is 0 Å². The Bertz CT molecular complexity index is 529. The fourth-order valence-electron chi connectivity index (χ4n) is 2.00. The fourth-order valence-corrected chi connectivity index (χ4v) is 2.00. The van der Waals surface area contributed by atoms with Crippen LogP contribution in [0.4, 0.5) is 5.69 Å². The van der Waals surface area contributed by atoms with Crippen molar-refractivity contribution in [2.75, 3.05) is 13.7 Å². The normalized spacial score (nSPS) is 10.3. The van der Waals surface area contributed by atoms with Crippen LogP contribution in [0.3, 0.4) is 0 Å². The third kappa shape index (κ3) is 5.23. The summed E-state index contributed by atoms with van der Waals surface area (Å²) in [5, 5.41) is 19.9. The zero-order chi connectivity index (χ0) is 16.5. The van der Waals surface area contributed by atoms with Gasteiger partial charge in [0.15, 0.2) is 5.75 Å². The molecule has 0 saturated heterocycles. The van der Waals surface area contributed by atoms with Crippen LogP contribution in [-0.4, -0.2) is 29.7 Å². The number of benzene rings is 1. The average molecular weight is 311 g/mol. The molecule has 0 unspecified atom stereocenters. The van der Waals surface area contributed by atoms with Crippen molar-refractivity contribution in [2.24, 2.45) is 0 Å². The Morgan fingerprint density at radius 2 is 2.09 bits per heavy atom. The molecule has 0 saturated carbocycles. The minimum absolute atomic E-state index is 0.0997. The third-order valence-electron chi connectivity index (χ3n) is 3.13. The van der Waals surface area contributed by atoms with Gasteiger partial charge < -0.3 is 14.6 Å². The monoisotopic (exact) mass is 311 g/mol. The van der Waals surface area contributed by atoms with Gasteiger partial charge >= 0.3 is 11.7 Å². The average Bonchev–Trinajstić information content (AvgIpc) is 2.49. The maximum absolute atomic E-state index is 11.2. The van der Waals surface area contributed by atoms with Gasteiger partial charge in [0.25, 0.3) is 0 Å². The molecule has 1 aromatic carbocycles. The molecule has 0 bridgehead atoms. The summed E-state index contributed by atoms with van der Waals surface area (Å²) in [5.74, 6) is -0.602. The number of carboxylic acid groups (broad SMARTS) is 1. The molecular formula is C15H21NO6. The molecule has 7 heteroatoms. The predicted octanol–water partition coefficient (Wildman–Crippen LogP) is 3.19. The van der Waals surface area contributed by atoms with E-state index in [1.54, 1.807) is 6.07 Å². The minimum atomic E-state index is -0.957. The van der Waals surface area contributed by atoms with E-state index in [2.05, 4.69) is 6.92 Å². The number of aliphatic carboxylic acids is 1. The Hall–Kier alpha value is -2.31. The lowest BCUT2D eigenvalue weighted by Crippen LogP contribution is -2.04. The number of rotatable bonds is 10. The van der Waals surface area contributed by atoms with Crippen molar-refractivity contribution in [2.45, 2.75) is 39.0 Å². The Kier molecular flexibility index (Phi) is 7.15. The number of carboxylic acids is 1. The zero-order valence-electron chi connectivity index (χ0n) is 12.8. The maximum atomic E-state index is 11.2. The van der Waals surface area contributed by atoms with E-state index in [4.69, 9.17) is 14.6 Å². The van der Waals surface area contributed by atoms with Crippen LogP contribution in [0.15, 0.2) is 12.1 Å². The quantitative estimate of drug-likeness (QED) is 0.405. The Labute approximate surface area is 129 Å². The number of nitrogens with zero attached hydrogens (tertiary/aromatic N) is 1. The first-order chi connectivity index (χ1) is 10.5. The summed E-state index contributed by atoms with van der Waals surface area (Å²) in [5.41, 5.74) is 0.336. The van der Waals surface area contributed by atoms with Crippen LogP contribution in [0, 0.1) is 10.1 Å². The SMILES string of the molecule is CCCCCOc1c(OC)cc(CCC(=O)O)cc1[N+](=O)[O-]. The molecule has 1 aromatic rings. The summed E-state index contributed by atoms with van der Waals surface area (Å²) in [6.07, 6.45) is 2.90. The van der Waals surface area contributed by atoms with Gasteiger partial charge in [-0.3, -0.25) is 14.9 Å². The first-order valence-corrected chi connectivity index (χ1v) is 7.19. The number of unbranched alkanes of at least 4 members (excludes halogenated alkanes) is 2. The fraction of sp³-hybridized carbons (Fsp3) is 0.533. The van der Waals surface area contributed by atoms with Gasteiger partial charge in [-0.25, -0.2) is 0 Å². The van der Waals surface area contributed by atoms with E-state index in [9.17, 15) is 14.9 Å². The van der Waals surface area contributed by atoms with Gasteiger partial charge in [0.05, 0.1) is 18.6 Å². The highest BCUT2D eigenvalue weighted by atomic mass is 16.6. The second kappa shape index (κ2) is 8.86. The topological polar surface area (TPSA) is 98.9 Å². The third-order valence-corrected chi connectivity index (χ3v) is 3.13. The lowest BCUT2D eigenvalue weighted by Gasteiger charge is -2.12. The van der Waals surface area contributed by atoms with Gasteiger partial charge in [-0.05, 0) is 24.5 Å². The first kappa shape index (κ1) is 17.7. The largest absolute Gasteiger partial charge is 0.493 e. The molecule has 0 heterocycles. The minimum Gasteiger partial charge on any atom is -0.493 e. The van der Waals surface area contributed by atoms with Gasteiger partial charge in [0.2, 0.25) is 5.75 Å². The molecule has 0 aromatic heterocycles. The second-order valence-corrected chi connectivity index (χ2v) is 4.85. The van der Waals surface area contributed by atoms with E-state index in [0.717, 1.165) is 19.3 Å². The van der Waals surface area contributed by atoms with Crippen LogP contribution >= 0.6 is 0 Å². The van der Waals surface area contributed by atoms with E-state index in [1.807, 2.05) is 0 Å². The van der Waals surface area contributed by atoms with Crippen molar-refractivity contribution in [3.05, 3.63) is 27.8 Å². The molecule has 0 fully saturated rings. The maximum Gasteiger partial charge on any atom is 0.315 e. The zero-order valence-corrected chi connectivity index (χ0v) is 12.8. The van der Waals surface area contributed by atoms with Gasteiger partial charge in [-0.15, -0.1) is 0 Å². The summed E-state index contributed by atoms with van der Waals surface area (Å²) in [6.45, 7) is 2.43. The molecule has 0 atom stereocenters. The van der Waals surface area contributed by atoms with Crippen molar-refractivity contribution in [1.29, 1.82) is 0 Å². The molecule has 1 rings (SSSR count). The molecule has 122 valence electrons. The van der Waals surface area contributed by atoms with Crippen molar-refractivity contribution >= 4 is 11.7 Å². The highest BCUT2D eigenvalue weighted by molar-refractivity contribution is 5.67. The summed E-state index contributed by atoms with van der Waals surface area (Å²) >= 11 is 0. The molecule has 1 N–H and O–H groups in total. The van der Waals surface area contributed by atoms with E-state index in [0.29, 0.717) is 12.2 Å². The number of carbonyl (C=O) groups is 1. The van der Waals surface area contributed by atoms with Crippen molar-refractivity contribution < 1.29 is 24.3 Å². The number of hydrogen-bond donors (Lipinski definition) is 1. The summed E-state index contributed by atoms with van der Waals surface area (Å²) < 4.78 is 10.7. The number of ether oxygens (including phenoxy) is 2. The highest BCUT2D eigenvalue weighted by Gasteiger charge is 2.22. The highest BCUT2D eigenvalue weighted by Crippen LogP contribution is 2.38. The lowest BCUT2D eigenvalue weighted by molar-refractivity contribution is -0.386. The molecule has 0 spiro atoms. The van der Waals surface area contributed by atoms with E-state index >= 15 is 0 Å². The second-order valence-electron chi connectivity index (χ2n) is 4.85. The molecular weight excluding hydrogens is 290 g/mol. The van der Waals surface area contributed by atoms with E-state index in [-0.39, 0.29) is 30.0 Å². The van der Waals surface area contributed by atoms with E-state index in [1.165, 1.54) is 13.2 Å². The predicted molar refractivity (Wildman–Crippen MR) is 80.6 cm³/mol. The van der Waals surface area contributed by atoms with Crippen LogP contribution in [0.25, 0.3) is 0 Å². The van der Waals surface area contributed by atoms with Crippen LogP contribution in [-0.2, 0) is 11.2 Å².